The van der Waals surface area contributed by atoms with Crippen LogP contribution in [0.2, 0.25) is 0 Å². The van der Waals surface area contributed by atoms with E-state index in [9.17, 15) is 0 Å². The Morgan fingerprint density at radius 1 is 1.55 bits per heavy atom. The third-order valence-corrected chi connectivity index (χ3v) is 4.88. The van der Waals surface area contributed by atoms with E-state index in [4.69, 9.17) is 4.74 Å². The van der Waals surface area contributed by atoms with Gasteiger partial charge in [0.25, 0.3) is 0 Å². The number of hydrogen-bond acceptors (Lipinski definition) is 3. The van der Waals surface area contributed by atoms with Crippen molar-refractivity contribution in [1.82, 2.24) is 15.1 Å². The highest BCUT2D eigenvalue weighted by Crippen LogP contribution is 2.40. The molecule has 2 rings (SSSR count). The van der Waals surface area contributed by atoms with E-state index >= 15 is 0 Å². The van der Waals surface area contributed by atoms with Gasteiger partial charge in [-0.25, -0.2) is 0 Å². The van der Waals surface area contributed by atoms with Crippen molar-refractivity contribution in [3.05, 3.63) is 16.4 Å². The van der Waals surface area contributed by atoms with Gasteiger partial charge in [0, 0.05) is 7.11 Å². The second-order valence-electron chi connectivity index (χ2n) is 5.81. The SMILES string of the molecule is CCNC(c1c(Br)cnn1CCOC)C1CCC(C)C1. The minimum absolute atomic E-state index is 0.388. The lowest BCUT2D eigenvalue weighted by molar-refractivity contribution is 0.180. The monoisotopic (exact) mass is 343 g/mol. The molecule has 4 nitrogen and oxygen atoms in total. The second kappa shape index (κ2) is 7.57. The Morgan fingerprint density at radius 2 is 2.35 bits per heavy atom. The van der Waals surface area contributed by atoms with Gasteiger partial charge < -0.3 is 10.1 Å². The van der Waals surface area contributed by atoms with E-state index < -0.39 is 0 Å². The Kier molecular flexibility index (Phi) is 6.05. The number of ether oxygens (including phenoxy) is 1. The maximum Gasteiger partial charge on any atom is 0.0699 e. The molecule has 0 aromatic carbocycles. The predicted octanol–water partition coefficient (Wildman–Crippen LogP) is 3.38. The van der Waals surface area contributed by atoms with E-state index in [1.807, 2.05) is 6.20 Å². The van der Waals surface area contributed by atoms with E-state index in [-0.39, 0.29) is 0 Å². The minimum atomic E-state index is 0.388. The molecule has 3 atom stereocenters. The van der Waals surface area contributed by atoms with Crippen LogP contribution in [-0.2, 0) is 11.3 Å². The standard InChI is InChI=1S/C15H26BrN3O/c1-4-17-14(12-6-5-11(2)9-12)15-13(16)10-18-19(15)7-8-20-3/h10-12,14,17H,4-9H2,1-3H3. The third-order valence-electron chi connectivity index (χ3n) is 4.27. The first-order valence-electron chi connectivity index (χ1n) is 7.60. The topological polar surface area (TPSA) is 39.1 Å². The van der Waals surface area contributed by atoms with Gasteiger partial charge in [0.05, 0.1) is 35.6 Å². The largest absolute Gasteiger partial charge is 0.383 e. The molecule has 1 saturated carbocycles. The number of nitrogens with zero attached hydrogens (tertiary/aromatic N) is 2. The molecule has 0 bridgehead atoms. The number of rotatable bonds is 7. The van der Waals surface area contributed by atoms with E-state index in [2.05, 4.69) is 44.9 Å². The summed E-state index contributed by atoms with van der Waals surface area (Å²) >= 11 is 3.68. The summed E-state index contributed by atoms with van der Waals surface area (Å²) in [5, 5.41) is 8.17. The fourth-order valence-electron chi connectivity index (χ4n) is 3.30. The zero-order chi connectivity index (χ0) is 14.5. The molecule has 0 saturated heterocycles. The van der Waals surface area contributed by atoms with E-state index in [0.717, 1.165) is 23.5 Å². The second-order valence-corrected chi connectivity index (χ2v) is 6.66. The minimum Gasteiger partial charge on any atom is -0.383 e. The molecule has 20 heavy (non-hydrogen) atoms. The fourth-order valence-corrected chi connectivity index (χ4v) is 3.84. The van der Waals surface area contributed by atoms with Crippen LogP contribution in [0.15, 0.2) is 10.7 Å². The number of methoxy groups -OCH3 is 1. The van der Waals surface area contributed by atoms with Crippen molar-refractivity contribution in [2.24, 2.45) is 11.8 Å². The number of nitrogens with one attached hydrogen (secondary N) is 1. The highest BCUT2D eigenvalue weighted by molar-refractivity contribution is 9.10. The summed E-state index contributed by atoms with van der Waals surface area (Å²) in [6.07, 6.45) is 5.87. The molecule has 3 unspecified atom stereocenters. The summed E-state index contributed by atoms with van der Waals surface area (Å²) in [4.78, 5) is 0. The van der Waals surface area contributed by atoms with Crippen molar-refractivity contribution in [3.63, 3.8) is 0 Å². The molecule has 1 aromatic rings. The lowest BCUT2D eigenvalue weighted by Crippen LogP contribution is -2.30. The number of aromatic nitrogens is 2. The molecule has 1 aliphatic carbocycles. The van der Waals surface area contributed by atoms with Gasteiger partial charge in [0.2, 0.25) is 0 Å². The first kappa shape index (κ1) is 16.0. The Balaban J connectivity index is 2.21. The van der Waals surface area contributed by atoms with Gasteiger partial charge in [0.1, 0.15) is 0 Å². The van der Waals surface area contributed by atoms with Crippen LogP contribution in [0.1, 0.15) is 44.8 Å². The van der Waals surface area contributed by atoms with Gasteiger partial charge in [0.15, 0.2) is 0 Å². The molecule has 1 heterocycles. The predicted molar refractivity (Wildman–Crippen MR) is 84.7 cm³/mol. The summed E-state index contributed by atoms with van der Waals surface area (Å²) in [7, 11) is 1.73. The first-order valence-corrected chi connectivity index (χ1v) is 8.40. The maximum absolute atomic E-state index is 5.20. The van der Waals surface area contributed by atoms with Crippen LogP contribution >= 0.6 is 15.9 Å². The Labute approximate surface area is 130 Å². The van der Waals surface area contributed by atoms with Crippen LogP contribution in [0.25, 0.3) is 0 Å². The summed E-state index contributed by atoms with van der Waals surface area (Å²) in [6.45, 7) is 7.02. The molecule has 1 fully saturated rings. The average molecular weight is 344 g/mol. The Bertz CT molecular complexity index is 421. The van der Waals surface area contributed by atoms with E-state index in [0.29, 0.717) is 18.6 Å². The summed E-state index contributed by atoms with van der Waals surface area (Å²) in [6, 6.07) is 0.388. The van der Waals surface area contributed by atoms with Gasteiger partial charge in [-0.15, -0.1) is 0 Å². The lowest BCUT2D eigenvalue weighted by atomic mass is 9.94. The van der Waals surface area contributed by atoms with Crippen molar-refractivity contribution in [3.8, 4) is 0 Å². The number of halogens is 1. The summed E-state index contributed by atoms with van der Waals surface area (Å²) in [5.74, 6) is 1.55. The maximum atomic E-state index is 5.20. The van der Waals surface area contributed by atoms with Crippen LogP contribution in [0.5, 0.6) is 0 Å². The molecule has 5 heteroatoms. The molecule has 0 spiro atoms. The first-order chi connectivity index (χ1) is 9.67. The average Bonchev–Trinajstić information content (AvgIpc) is 3.01. The quantitative estimate of drug-likeness (QED) is 0.824. The third kappa shape index (κ3) is 3.62. The van der Waals surface area contributed by atoms with Crippen molar-refractivity contribution >= 4 is 15.9 Å². The van der Waals surface area contributed by atoms with Gasteiger partial charge in [-0.1, -0.05) is 20.3 Å². The van der Waals surface area contributed by atoms with Crippen LogP contribution in [0.3, 0.4) is 0 Å². The van der Waals surface area contributed by atoms with Crippen LogP contribution in [0, 0.1) is 11.8 Å². The summed E-state index contributed by atoms with van der Waals surface area (Å²) < 4.78 is 8.39. The van der Waals surface area contributed by atoms with E-state index in [1.54, 1.807) is 7.11 Å². The molecule has 114 valence electrons. The van der Waals surface area contributed by atoms with Gasteiger partial charge in [-0.05, 0) is 47.2 Å². The van der Waals surface area contributed by atoms with Crippen molar-refractivity contribution in [2.75, 3.05) is 20.3 Å². The van der Waals surface area contributed by atoms with Crippen molar-refractivity contribution in [2.45, 2.75) is 45.7 Å². The lowest BCUT2D eigenvalue weighted by Gasteiger charge is -2.26. The zero-order valence-corrected chi connectivity index (χ0v) is 14.3. The highest BCUT2D eigenvalue weighted by atomic mass is 79.9. The summed E-state index contributed by atoms with van der Waals surface area (Å²) in [5.41, 5.74) is 1.28. The van der Waals surface area contributed by atoms with Crippen LogP contribution < -0.4 is 5.32 Å². The smallest absolute Gasteiger partial charge is 0.0699 e. The molecule has 0 amide bonds. The molecule has 1 aromatic heterocycles. The fraction of sp³-hybridized carbons (Fsp3) is 0.800. The molecular formula is C15H26BrN3O. The highest BCUT2D eigenvalue weighted by Gasteiger charge is 2.32. The van der Waals surface area contributed by atoms with Gasteiger partial charge >= 0.3 is 0 Å². The van der Waals surface area contributed by atoms with Crippen LogP contribution in [0.4, 0.5) is 0 Å². The van der Waals surface area contributed by atoms with Crippen molar-refractivity contribution in [1.29, 1.82) is 0 Å². The molecular weight excluding hydrogens is 318 g/mol. The van der Waals surface area contributed by atoms with E-state index in [1.165, 1.54) is 25.0 Å². The number of hydrogen-bond donors (Lipinski definition) is 1. The van der Waals surface area contributed by atoms with Crippen LogP contribution in [-0.4, -0.2) is 30.0 Å². The van der Waals surface area contributed by atoms with Crippen molar-refractivity contribution < 1.29 is 4.74 Å². The Hall–Kier alpha value is -0.390. The molecule has 0 radical (unpaired) electrons. The molecule has 1 N–H and O–H groups in total. The van der Waals surface area contributed by atoms with Gasteiger partial charge in [-0.3, -0.25) is 4.68 Å². The zero-order valence-electron chi connectivity index (χ0n) is 12.7. The normalized spacial score (nSPS) is 24.2. The molecule has 0 aliphatic heterocycles. The Morgan fingerprint density at radius 3 is 2.95 bits per heavy atom. The van der Waals surface area contributed by atoms with Gasteiger partial charge in [-0.2, -0.15) is 5.10 Å². The molecule has 1 aliphatic rings.